The van der Waals surface area contributed by atoms with Gasteiger partial charge in [-0.25, -0.2) is 12.7 Å². The Morgan fingerprint density at radius 1 is 1.25 bits per heavy atom. The highest BCUT2D eigenvalue weighted by Crippen LogP contribution is 2.30. The molecule has 0 radical (unpaired) electrons. The number of hydrogen-bond acceptors (Lipinski definition) is 5. The van der Waals surface area contributed by atoms with Crippen molar-refractivity contribution in [1.82, 2.24) is 9.62 Å². The molecule has 8 heteroatoms. The minimum absolute atomic E-state index is 0.0623. The first-order chi connectivity index (χ1) is 13.1. The van der Waals surface area contributed by atoms with Gasteiger partial charge in [0.1, 0.15) is 16.7 Å². The second-order valence-corrected chi connectivity index (χ2v) is 10.0. The van der Waals surface area contributed by atoms with Crippen molar-refractivity contribution < 1.29 is 17.9 Å². The molecule has 158 valence electrons. The zero-order valence-electron chi connectivity index (χ0n) is 17.7. The summed E-state index contributed by atoms with van der Waals surface area (Å²) in [7, 11) is 0.703. The lowest BCUT2D eigenvalue weighted by molar-refractivity contribution is -0.123. The standard InChI is InChI=1S/C20H33N3O4S/c1-13-8-7-9-17(14(13)2)22-20(24)15(3)21-16-10-11-18(27-6)19(12-16)28(25,26)23(4)5/h10-15,17,21H,7-9H2,1-6H3,(H,22,24). The van der Waals surface area contributed by atoms with Crippen LogP contribution in [-0.4, -0.2) is 51.9 Å². The topological polar surface area (TPSA) is 87.7 Å². The molecule has 1 saturated carbocycles. The highest BCUT2D eigenvalue weighted by Gasteiger charge is 2.29. The molecule has 0 spiro atoms. The minimum Gasteiger partial charge on any atom is -0.495 e. The molecule has 7 nitrogen and oxygen atoms in total. The molecule has 1 aromatic carbocycles. The van der Waals surface area contributed by atoms with E-state index >= 15 is 0 Å². The van der Waals surface area contributed by atoms with Crippen LogP contribution in [0, 0.1) is 11.8 Å². The fourth-order valence-electron chi connectivity index (χ4n) is 3.57. The summed E-state index contributed by atoms with van der Waals surface area (Å²) in [5.74, 6) is 1.23. The van der Waals surface area contributed by atoms with Crippen molar-refractivity contribution in [3.8, 4) is 5.75 Å². The van der Waals surface area contributed by atoms with Crippen molar-refractivity contribution in [2.45, 2.75) is 57.0 Å². The zero-order chi connectivity index (χ0) is 21.1. The van der Waals surface area contributed by atoms with E-state index in [0.717, 1.165) is 17.1 Å². The van der Waals surface area contributed by atoms with E-state index in [-0.39, 0.29) is 22.6 Å². The van der Waals surface area contributed by atoms with Crippen molar-refractivity contribution in [2.75, 3.05) is 26.5 Å². The van der Waals surface area contributed by atoms with Crippen molar-refractivity contribution in [3.63, 3.8) is 0 Å². The summed E-state index contributed by atoms with van der Waals surface area (Å²) < 4.78 is 31.4. The van der Waals surface area contributed by atoms with Gasteiger partial charge in [0, 0.05) is 25.8 Å². The molecular weight excluding hydrogens is 378 g/mol. The SMILES string of the molecule is COc1ccc(NC(C)C(=O)NC2CCCC(C)C2C)cc1S(=O)(=O)N(C)C. The Morgan fingerprint density at radius 3 is 2.54 bits per heavy atom. The van der Waals surface area contributed by atoms with Crippen LogP contribution in [0.4, 0.5) is 5.69 Å². The van der Waals surface area contributed by atoms with Gasteiger partial charge in [-0.3, -0.25) is 4.79 Å². The summed E-state index contributed by atoms with van der Waals surface area (Å²) in [5, 5.41) is 6.26. The number of sulfonamides is 1. The molecule has 28 heavy (non-hydrogen) atoms. The Kier molecular flexibility index (Phi) is 7.33. The van der Waals surface area contributed by atoms with Gasteiger partial charge in [-0.05, 0) is 43.4 Å². The quantitative estimate of drug-likeness (QED) is 0.720. The molecular formula is C20H33N3O4S. The van der Waals surface area contributed by atoms with Gasteiger partial charge in [0.05, 0.1) is 7.11 Å². The molecule has 0 heterocycles. The molecule has 0 aromatic heterocycles. The normalized spacial score (nSPS) is 23.9. The number of benzene rings is 1. The number of carbonyl (C=O) groups excluding carboxylic acids is 1. The van der Waals surface area contributed by atoms with E-state index in [9.17, 15) is 13.2 Å². The number of amides is 1. The largest absolute Gasteiger partial charge is 0.495 e. The van der Waals surface area contributed by atoms with Gasteiger partial charge >= 0.3 is 0 Å². The molecule has 1 aliphatic carbocycles. The molecule has 4 atom stereocenters. The molecule has 1 fully saturated rings. The maximum Gasteiger partial charge on any atom is 0.246 e. The minimum atomic E-state index is -3.67. The lowest BCUT2D eigenvalue weighted by Gasteiger charge is -2.35. The van der Waals surface area contributed by atoms with Crippen LogP contribution in [0.5, 0.6) is 5.75 Å². The summed E-state index contributed by atoms with van der Waals surface area (Å²) in [6.07, 6.45) is 3.33. The Bertz CT molecular complexity index is 795. The van der Waals surface area contributed by atoms with Crippen molar-refractivity contribution in [1.29, 1.82) is 0 Å². The Labute approximate surface area is 168 Å². The maximum atomic E-state index is 12.7. The summed E-state index contributed by atoms with van der Waals surface area (Å²) in [6, 6.07) is 4.49. The van der Waals surface area contributed by atoms with Gasteiger partial charge in [-0.2, -0.15) is 0 Å². The number of carbonyl (C=O) groups is 1. The molecule has 4 unspecified atom stereocenters. The molecule has 2 rings (SSSR count). The molecule has 1 aliphatic rings. The fraction of sp³-hybridized carbons (Fsp3) is 0.650. The lowest BCUT2D eigenvalue weighted by Crippen LogP contribution is -2.48. The Balaban J connectivity index is 2.13. The predicted molar refractivity (Wildman–Crippen MR) is 111 cm³/mol. The van der Waals surface area contributed by atoms with Gasteiger partial charge in [-0.1, -0.05) is 26.7 Å². The third-order valence-corrected chi connectivity index (χ3v) is 7.57. The highest BCUT2D eigenvalue weighted by atomic mass is 32.2. The van der Waals surface area contributed by atoms with Crippen LogP contribution in [0.3, 0.4) is 0 Å². The van der Waals surface area contributed by atoms with E-state index in [1.807, 2.05) is 0 Å². The number of anilines is 1. The average Bonchev–Trinajstić information content (AvgIpc) is 2.65. The first kappa shape index (κ1) is 22.5. The number of hydrogen-bond donors (Lipinski definition) is 2. The molecule has 0 saturated heterocycles. The Hall–Kier alpha value is -1.80. The van der Waals surface area contributed by atoms with Crippen LogP contribution in [0.15, 0.2) is 23.1 Å². The van der Waals surface area contributed by atoms with Crippen molar-refractivity contribution >= 4 is 21.6 Å². The van der Waals surface area contributed by atoms with Gasteiger partial charge in [-0.15, -0.1) is 0 Å². The van der Waals surface area contributed by atoms with Crippen LogP contribution in [0.2, 0.25) is 0 Å². The summed E-state index contributed by atoms with van der Waals surface area (Å²) >= 11 is 0. The van der Waals surface area contributed by atoms with Gasteiger partial charge in [0.25, 0.3) is 0 Å². The smallest absolute Gasteiger partial charge is 0.246 e. The fourth-order valence-corrected chi connectivity index (χ4v) is 4.65. The molecule has 1 amide bonds. The van der Waals surface area contributed by atoms with Crippen LogP contribution in [-0.2, 0) is 14.8 Å². The lowest BCUT2D eigenvalue weighted by atomic mass is 9.78. The third-order valence-electron chi connectivity index (χ3n) is 5.73. The molecule has 1 aromatic rings. The number of methoxy groups -OCH3 is 1. The van der Waals surface area contributed by atoms with Gasteiger partial charge < -0.3 is 15.4 Å². The second kappa shape index (κ2) is 9.13. The van der Waals surface area contributed by atoms with Crippen molar-refractivity contribution in [2.24, 2.45) is 11.8 Å². The molecule has 0 bridgehead atoms. The van der Waals surface area contributed by atoms with Crippen LogP contribution in [0.1, 0.15) is 40.0 Å². The number of rotatable bonds is 7. The summed E-state index contributed by atoms with van der Waals surface area (Å²) in [5.41, 5.74) is 0.550. The van der Waals surface area contributed by atoms with Gasteiger partial charge in [0.2, 0.25) is 15.9 Å². The van der Waals surface area contributed by atoms with E-state index < -0.39 is 16.1 Å². The monoisotopic (exact) mass is 411 g/mol. The number of nitrogens with zero attached hydrogens (tertiary/aromatic N) is 1. The first-order valence-corrected chi connectivity index (χ1v) is 11.2. The van der Waals surface area contributed by atoms with E-state index in [4.69, 9.17) is 4.74 Å². The zero-order valence-corrected chi connectivity index (χ0v) is 18.5. The van der Waals surface area contributed by atoms with Gasteiger partial charge in [0.15, 0.2) is 0 Å². The predicted octanol–water partition coefficient (Wildman–Crippen LogP) is 2.69. The van der Waals surface area contributed by atoms with E-state index in [0.29, 0.717) is 17.5 Å². The average molecular weight is 412 g/mol. The van der Waals surface area contributed by atoms with E-state index in [1.165, 1.54) is 33.7 Å². The van der Waals surface area contributed by atoms with Crippen molar-refractivity contribution in [3.05, 3.63) is 18.2 Å². The number of nitrogens with one attached hydrogen (secondary N) is 2. The van der Waals surface area contributed by atoms with E-state index in [1.54, 1.807) is 19.1 Å². The Morgan fingerprint density at radius 2 is 1.93 bits per heavy atom. The summed E-state index contributed by atoms with van der Waals surface area (Å²) in [4.78, 5) is 12.7. The maximum absolute atomic E-state index is 12.7. The second-order valence-electron chi connectivity index (χ2n) is 7.90. The summed E-state index contributed by atoms with van der Waals surface area (Å²) in [6.45, 7) is 6.19. The van der Waals surface area contributed by atoms with Crippen LogP contribution >= 0.6 is 0 Å². The van der Waals surface area contributed by atoms with Crippen LogP contribution in [0.25, 0.3) is 0 Å². The van der Waals surface area contributed by atoms with Crippen LogP contribution < -0.4 is 15.4 Å². The van der Waals surface area contributed by atoms with E-state index in [2.05, 4.69) is 24.5 Å². The first-order valence-electron chi connectivity index (χ1n) is 9.75. The highest BCUT2D eigenvalue weighted by molar-refractivity contribution is 7.89. The number of ether oxygens (including phenoxy) is 1. The molecule has 0 aliphatic heterocycles. The third kappa shape index (κ3) is 4.97. The molecule has 2 N–H and O–H groups in total.